The van der Waals surface area contributed by atoms with Crippen molar-refractivity contribution in [3.63, 3.8) is 0 Å². The molecule has 1 aliphatic carbocycles. The fourth-order valence-corrected chi connectivity index (χ4v) is 2.69. The molecule has 0 unspecified atom stereocenters. The molecule has 1 aromatic carbocycles. The second-order valence-corrected chi connectivity index (χ2v) is 5.72. The minimum Gasteiger partial charge on any atom is -0.343 e. The molecule has 0 saturated heterocycles. The number of hydrogen-bond donors (Lipinski definition) is 1. The molecule has 2 aromatic rings. The average molecular weight is 297 g/mol. The molecule has 1 aliphatic rings. The van der Waals surface area contributed by atoms with E-state index in [1.165, 1.54) is 0 Å². The lowest BCUT2D eigenvalue weighted by atomic mass is 10.0. The monoisotopic (exact) mass is 297 g/mol. The van der Waals surface area contributed by atoms with Crippen molar-refractivity contribution in [1.29, 1.82) is 0 Å². The number of fused-ring (bicyclic) bond motifs is 1. The summed E-state index contributed by atoms with van der Waals surface area (Å²) in [5.74, 6) is 0.0529. The highest BCUT2D eigenvalue weighted by Gasteiger charge is 2.19. The molecule has 1 amide bonds. The number of amides is 1. The van der Waals surface area contributed by atoms with Gasteiger partial charge in [-0.2, -0.15) is 0 Å². The fraction of sp³-hybridized carbons (Fsp3) is 0.294. The lowest BCUT2D eigenvalue weighted by Gasteiger charge is -2.19. The van der Waals surface area contributed by atoms with E-state index in [9.17, 15) is 9.59 Å². The third kappa shape index (κ3) is 2.62. The van der Waals surface area contributed by atoms with E-state index < -0.39 is 0 Å². The lowest BCUT2D eigenvalue weighted by molar-refractivity contribution is -0.115. The first-order chi connectivity index (χ1) is 10.6. The minimum atomic E-state index is -0.0774. The van der Waals surface area contributed by atoms with E-state index in [1.807, 2.05) is 30.3 Å². The zero-order valence-corrected chi connectivity index (χ0v) is 12.8. The summed E-state index contributed by atoms with van der Waals surface area (Å²) in [6.07, 6.45) is 3.89. The van der Waals surface area contributed by atoms with Crippen molar-refractivity contribution < 1.29 is 9.59 Å². The van der Waals surface area contributed by atoms with Crippen LogP contribution in [0.1, 0.15) is 29.8 Å². The van der Waals surface area contributed by atoms with Gasteiger partial charge in [-0.1, -0.05) is 18.2 Å². The molecule has 0 bridgehead atoms. The highest BCUT2D eigenvalue weighted by atomic mass is 16.2. The number of rotatable bonds is 3. The van der Waals surface area contributed by atoms with Gasteiger partial charge in [-0.05, 0) is 25.0 Å². The maximum Gasteiger partial charge on any atom is 0.271 e. The molecule has 1 heterocycles. The van der Waals surface area contributed by atoms with Crippen molar-refractivity contribution in [2.24, 2.45) is 0 Å². The van der Waals surface area contributed by atoms with Crippen LogP contribution in [-0.4, -0.2) is 35.4 Å². The molecule has 0 fully saturated rings. The van der Waals surface area contributed by atoms with E-state index >= 15 is 0 Å². The molecule has 1 aromatic heterocycles. The van der Waals surface area contributed by atoms with Crippen LogP contribution in [0.2, 0.25) is 0 Å². The Morgan fingerprint density at radius 1 is 1.23 bits per heavy atom. The molecular weight excluding hydrogens is 278 g/mol. The number of benzene rings is 1. The van der Waals surface area contributed by atoms with Gasteiger partial charge in [0.1, 0.15) is 5.69 Å². The van der Waals surface area contributed by atoms with Gasteiger partial charge in [-0.15, -0.1) is 0 Å². The largest absolute Gasteiger partial charge is 0.343 e. The maximum absolute atomic E-state index is 12.4. The number of nitrogens with zero attached hydrogens (tertiary/aromatic N) is 2. The summed E-state index contributed by atoms with van der Waals surface area (Å²) in [7, 11) is 3.46. The summed E-state index contributed by atoms with van der Waals surface area (Å²) in [6, 6.07) is 9.68. The summed E-state index contributed by atoms with van der Waals surface area (Å²) in [5.41, 5.74) is 5.58. The van der Waals surface area contributed by atoms with Crippen molar-refractivity contribution in [2.45, 2.75) is 19.3 Å². The highest BCUT2D eigenvalue weighted by molar-refractivity contribution is 5.99. The molecule has 0 radical (unpaired) electrons. The average Bonchev–Trinajstić information content (AvgIpc) is 2.85. The predicted octanol–water partition coefficient (Wildman–Crippen LogP) is 2.52. The molecule has 114 valence electrons. The van der Waals surface area contributed by atoms with Crippen LogP contribution >= 0.6 is 0 Å². The molecule has 1 N–H and O–H groups in total. The van der Waals surface area contributed by atoms with Gasteiger partial charge in [0.25, 0.3) is 5.91 Å². The molecule has 22 heavy (non-hydrogen) atoms. The van der Waals surface area contributed by atoms with Crippen molar-refractivity contribution in [1.82, 2.24) is 9.58 Å². The van der Waals surface area contributed by atoms with Crippen LogP contribution in [-0.2, 0) is 4.79 Å². The number of hydrogen-bond acceptors (Lipinski definition) is 3. The smallest absolute Gasteiger partial charge is 0.271 e. The number of para-hydroxylation sites is 1. The van der Waals surface area contributed by atoms with Crippen LogP contribution in [0.15, 0.2) is 42.1 Å². The summed E-state index contributed by atoms with van der Waals surface area (Å²) in [4.78, 5) is 25.6. The second-order valence-electron chi connectivity index (χ2n) is 5.72. The van der Waals surface area contributed by atoms with E-state index in [0.717, 1.165) is 29.4 Å². The Labute approximate surface area is 129 Å². The Morgan fingerprint density at radius 3 is 2.73 bits per heavy atom. The first-order valence-corrected chi connectivity index (χ1v) is 7.39. The molecule has 0 atom stereocenters. The van der Waals surface area contributed by atoms with E-state index in [0.29, 0.717) is 12.1 Å². The van der Waals surface area contributed by atoms with E-state index in [2.05, 4.69) is 5.43 Å². The van der Waals surface area contributed by atoms with Gasteiger partial charge < -0.3 is 4.90 Å². The quantitative estimate of drug-likeness (QED) is 0.947. The first kappa shape index (κ1) is 14.4. The molecule has 5 heteroatoms. The van der Waals surface area contributed by atoms with E-state index in [4.69, 9.17) is 0 Å². The Kier molecular flexibility index (Phi) is 3.71. The Hall–Kier alpha value is -2.56. The zero-order chi connectivity index (χ0) is 15.7. The molecule has 0 saturated carbocycles. The summed E-state index contributed by atoms with van der Waals surface area (Å²) in [6.45, 7) is 0. The third-order valence-corrected chi connectivity index (χ3v) is 3.80. The van der Waals surface area contributed by atoms with E-state index in [-0.39, 0.29) is 11.7 Å². The van der Waals surface area contributed by atoms with Crippen LogP contribution < -0.4 is 5.43 Å². The number of nitrogens with one attached hydrogen (secondary N) is 1. The number of ketones is 1. The lowest BCUT2D eigenvalue weighted by Crippen LogP contribution is -2.28. The normalized spacial score (nSPS) is 14.8. The van der Waals surface area contributed by atoms with Gasteiger partial charge in [-0.3, -0.25) is 19.7 Å². The predicted molar refractivity (Wildman–Crippen MR) is 86.3 cm³/mol. The Balaban J connectivity index is 2.08. The van der Waals surface area contributed by atoms with Crippen LogP contribution in [0.25, 0.3) is 10.9 Å². The second kappa shape index (κ2) is 5.67. The number of aromatic nitrogens is 1. The molecular formula is C17H19N3O2. The molecule has 0 spiro atoms. The van der Waals surface area contributed by atoms with Crippen LogP contribution in [0.5, 0.6) is 0 Å². The maximum atomic E-state index is 12.4. The number of allylic oxidation sites excluding steroid dienone is 2. The summed E-state index contributed by atoms with van der Waals surface area (Å²) < 4.78 is 1.78. The van der Waals surface area contributed by atoms with Crippen LogP contribution in [0, 0.1) is 0 Å². The van der Waals surface area contributed by atoms with Crippen LogP contribution in [0.3, 0.4) is 0 Å². The summed E-state index contributed by atoms with van der Waals surface area (Å²) >= 11 is 0. The van der Waals surface area contributed by atoms with Crippen LogP contribution in [0.4, 0.5) is 0 Å². The van der Waals surface area contributed by atoms with Crippen molar-refractivity contribution in [3.05, 3.63) is 47.8 Å². The number of carbonyl (C=O) groups is 2. The molecule has 0 aliphatic heterocycles. The number of carbonyl (C=O) groups excluding carboxylic acids is 2. The van der Waals surface area contributed by atoms with Gasteiger partial charge in [0, 0.05) is 37.7 Å². The van der Waals surface area contributed by atoms with Gasteiger partial charge in [-0.25, -0.2) is 0 Å². The standard InChI is InChI=1S/C17H19N3O2/c1-19(2)17(22)16-10-12-6-3-4-9-15(12)20(16)18-13-7-5-8-14(21)11-13/h3-4,6,9-11,18H,5,7-8H2,1-2H3. The van der Waals surface area contributed by atoms with Crippen molar-refractivity contribution >= 4 is 22.6 Å². The van der Waals surface area contributed by atoms with Crippen molar-refractivity contribution in [3.8, 4) is 0 Å². The highest BCUT2D eigenvalue weighted by Crippen LogP contribution is 2.22. The minimum absolute atomic E-state index is 0.0774. The van der Waals surface area contributed by atoms with Gasteiger partial charge in [0.2, 0.25) is 0 Å². The van der Waals surface area contributed by atoms with Gasteiger partial charge >= 0.3 is 0 Å². The molecule has 5 nitrogen and oxygen atoms in total. The SMILES string of the molecule is CN(C)C(=O)c1cc2ccccc2n1NC1=CC(=O)CCC1. The fourth-order valence-electron chi connectivity index (χ4n) is 2.69. The third-order valence-electron chi connectivity index (χ3n) is 3.80. The van der Waals surface area contributed by atoms with Crippen molar-refractivity contribution in [2.75, 3.05) is 19.5 Å². The zero-order valence-electron chi connectivity index (χ0n) is 12.8. The Bertz CT molecular complexity index is 771. The summed E-state index contributed by atoms with van der Waals surface area (Å²) in [5, 5.41) is 0.989. The Morgan fingerprint density at radius 2 is 2.00 bits per heavy atom. The topological polar surface area (TPSA) is 54.3 Å². The van der Waals surface area contributed by atoms with Gasteiger partial charge in [0.05, 0.1) is 5.52 Å². The van der Waals surface area contributed by atoms with Gasteiger partial charge in [0.15, 0.2) is 5.78 Å². The van der Waals surface area contributed by atoms with E-state index in [1.54, 1.807) is 29.7 Å². The molecule has 3 rings (SSSR count). The first-order valence-electron chi connectivity index (χ1n) is 7.39.